The second kappa shape index (κ2) is 6.46. The van der Waals surface area contributed by atoms with Crippen molar-refractivity contribution in [2.75, 3.05) is 7.05 Å². The molecule has 2 aromatic carbocycles. The predicted octanol–water partition coefficient (Wildman–Crippen LogP) is 4.60. The van der Waals surface area contributed by atoms with Crippen molar-refractivity contribution in [1.29, 1.82) is 0 Å². The zero-order chi connectivity index (χ0) is 14.7. The maximum absolute atomic E-state index is 13.7. The molecule has 0 heterocycles. The average molecular weight is 340 g/mol. The third-order valence-corrected chi connectivity index (χ3v) is 4.19. The van der Waals surface area contributed by atoms with Crippen molar-refractivity contribution in [3.8, 4) is 0 Å². The van der Waals surface area contributed by atoms with E-state index in [-0.39, 0.29) is 10.5 Å². The molecular formula is C16H16BrF2N. The van der Waals surface area contributed by atoms with Gasteiger partial charge in [0.2, 0.25) is 0 Å². The molecule has 0 aliphatic rings. The van der Waals surface area contributed by atoms with Gasteiger partial charge in [0.15, 0.2) is 11.6 Å². The Kier molecular flexibility index (Phi) is 4.89. The van der Waals surface area contributed by atoms with E-state index < -0.39 is 11.6 Å². The summed E-state index contributed by atoms with van der Waals surface area (Å²) < 4.78 is 27.0. The molecule has 0 saturated heterocycles. The van der Waals surface area contributed by atoms with Gasteiger partial charge in [0.05, 0.1) is 10.5 Å². The molecule has 106 valence electrons. The molecule has 2 aromatic rings. The average Bonchev–Trinajstić information content (AvgIpc) is 2.48. The molecule has 0 saturated carbocycles. The minimum absolute atomic E-state index is 0.163. The Balaban J connectivity index is 2.44. The van der Waals surface area contributed by atoms with Crippen LogP contribution in [0.5, 0.6) is 0 Å². The van der Waals surface area contributed by atoms with Gasteiger partial charge < -0.3 is 5.32 Å². The van der Waals surface area contributed by atoms with Crippen molar-refractivity contribution in [1.82, 2.24) is 5.32 Å². The van der Waals surface area contributed by atoms with E-state index in [4.69, 9.17) is 0 Å². The summed E-state index contributed by atoms with van der Waals surface area (Å²) in [7, 11) is 1.80. The molecule has 2 rings (SSSR count). The number of hydrogen-bond acceptors (Lipinski definition) is 1. The number of benzene rings is 2. The zero-order valence-electron chi connectivity index (χ0n) is 11.4. The Morgan fingerprint density at radius 3 is 2.30 bits per heavy atom. The zero-order valence-corrected chi connectivity index (χ0v) is 13.0. The molecule has 1 unspecified atom stereocenters. The molecule has 1 nitrogen and oxygen atoms in total. The van der Waals surface area contributed by atoms with Crippen LogP contribution >= 0.6 is 15.9 Å². The van der Waals surface area contributed by atoms with Gasteiger partial charge in [-0.2, -0.15) is 0 Å². The predicted molar refractivity (Wildman–Crippen MR) is 80.8 cm³/mol. The van der Waals surface area contributed by atoms with Crippen molar-refractivity contribution in [2.24, 2.45) is 0 Å². The van der Waals surface area contributed by atoms with Crippen LogP contribution in [0.1, 0.15) is 29.7 Å². The molecule has 0 aromatic heterocycles. The molecular weight excluding hydrogens is 324 g/mol. The highest BCUT2D eigenvalue weighted by Crippen LogP contribution is 2.31. The van der Waals surface area contributed by atoms with Crippen LogP contribution in [-0.2, 0) is 6.42 Å². The Bertz CT molecular complexity index is 596. The summed E-state index contributed by atoms with van der Waals surface area (Å²) in [6.07, 6.45) is 0.972. The van der Waals surface area contributed by atoms with Gasteiger partial charge in [0.25, 0.3) is 0 Å². The Morgan fingerprint density at radius 1 is 1.10 bits per heavy atom. The fourth-order valence-electron chi connectivity index (χ4n) is 2.21. The second-order valence-corrected chi connectivity index (χ2v) is 5.37. The van der Waals surface area contributed by atoms with Crippen LogP contribution in [0.2, 0.25) is 0 Å². The lowest BCUT2D eigenvalue weighted by atomic mass is 9.97. The van der Waals surface area contributed by atoms with Gasteiger partial charge in [0.1, 0.15) is 0 Å². The highest BCUT2D eigenvalue weighted by Gasteiger charge is 2.19. The van der Waals surface area contributed by atoms with E-state index in [9.17, 15) is 8.78 Å². The quantitative estimate of drug-likeness (QED) is 0.802. The first-order valence-corrected chi connectivity index (χ1v) is 7.27. The van der Waals surface area contributed by atoms with E-state index in [1.165, 1.54) is 5.56 Å². The fourth-order valence-corrected chi connectivity index (χ4v) is 2.76. The number of aryl methyl sites for hydroxylation is 1. The van der Waals surface area contributed by atoms with Crippen molar-refractivity contribution in [2.45, 2.75) is 19.4 Å². The van der Waals surface area contributed by atoms with Gasteiger partial charge >= 0.3 is 0 Å². The molecule has 0 radical (unpaired) electrons. The summed E-state index contributed by atoms with van der Waals surface area (Å²) in [5, 5.41) is 3.14. The Labute approximate surface area is 126 Å². The summed E-state index contributed by atoms with van der Waals surface area (Å²) >= 11 is 3.14. The van der Waals surface area contributed by atoms with Crippen LogP contribution < -0.4 is 5.32 Å². The third-order valence-electron chi connectivity index (χ3n) is 3.39. The van der Waals surface area contributed by atoms with E-state index in [2.05, 4.69) is 28.2 Å². The highest BCUT2D eigenvalue weighted by molar-refractivity contribution is 9.10. The highest BCUT2D eigenvalue weighted by atomic mass is 79.9. The van der Waals surface area contributed by atoms with E-state index in [1.54, 1.807) is 13.1 Å². The van der Waals surface area contributed by atoms with E-state index in [0.717, 1.165) is 18.1 Å². The lowest BCUT2D eigenvalue weighted by molar-refractivity contribution is 0.499. The normalized spacial score (nSPS) is 12.4. The largest absolute Gasteiger partial charge is 0.309 e. The monoisotopic (exact) mass is 339 g/mol. The minimum atomic E-state index is -0.854. The standard InChI is InChI=1S/C16H16BrF2N/c1-3-10-4-6-11(7-5-10)16(20-2)12-8-9-13(18)15(19)14(12)17/h4-9,16,20H,3H2,1-2H3. The van der Waals surface area contributed by atoms with Gasteiger partial charge in [0, 0.05) is 0 Å². The summed E-state index contributed by atoms with van der Waals surface area (Å²) in [4.78, 5) is 0. The first-order chi connectivity index (χ1) is 9.58. The van der Waals surface area contributed by atoms with Crippen LogP contribution in [0.25, 0.3) is 0 Å². The minimum Gasteiger partial charge on any atom is -0.309 e. The van der Waals surface area contributed by atoms with Crippen LogP contribution in [0, 0.1) is 11.6 Å². The summed E-state index contributed by atoms with van der Waals surface area (Å²) in [5.74, 6) is -1.70. The molecule has 1 N–H and O–H groups in total. The molecule has 0 bridgehead atoms. The summed E-state index contributed by atoms with van der Waals surface area (Å²) in [6.45, 7) is 2.09. The fraction of sp³-hybridized carbons (Fsp3) is 0.250. The smallest absolute Gasteiger partial charge is 0.173 e. The lowest BCUT2D eigenvalue weighted by Crippen LogP contribution is -2.18. The van der Waals surface area contributed by atoms with Gasteiger partial charge in [-0.15, -0.1) is 0 Å². The lowest BCUT2D eigenvalue weighted by Gasteiger charge is -2.19. The van der Waals surface area contributed by atoms with Gasteiger partial charge in [-0.25, -0.2) is 8.78 Å². The number of halogens is 3. The van der Waals surface area contributed by atoms with Crippen molar-refractivity contribution in [3.63, 3.8) is 0 Å². The van der Waals surface area contributed by atoms with Crippen molar-refractivity contribution < 1.29 is 8.78 Å². The first-order valence-electron chi connectivity index (χ1n) is 6.48. The number of nitrogens with one attached hydrogen (secondary N) is 1. The van der Waals surface area contributed by atoms with Gasteiger partial charge in [-0.1, -0.05) is 37.3 Å². The van der Waals surface area contributed by atoms with E-state index >= 15 is 0 Å². The van der Waals surface area contributed by atoms with Crippen LogP contribution in [0.15, 0.2) is 40.9 Å². The van der Waals surface area contributed by atoms with Crippen LogP contribution in [0.4, 0.5) is 8.78 Å². The molecule has 4 heteroatoms. The molecule has 20 heavy (non-hydrogen) atoms. The summed E-state index contributed by atoms with van der Waals surface area (Å²) in [6, 6.07) is 10.7. The van der Waals surface area contributed by atoms with Crippen molar-refractivity contribution >= 4 is 15.9 Å². The number of hydrogen-bond donors (Lipinski definition) is 1. The second-order valence-electron chi connectivity index (χ2n) is 4.58. The maximum Gasteiger partial charge on any atom is 0.173 e. The van der Waals surface area contributed by atoms with E-state index in [0.29, 0.717) is 5.56 Å². The number of rotatable bonds is 4. The van der Waals surface area contributed by atoms with E-state index in [1.807, 2.05) is 24.3 Å². The molecule has 0 spiro atoms. The first kappa shape index (κ1) is 15.1. The summed E-state index contributed by atoms with van der Waals surface area (Å²) in [5.41, 5.74) is 2.93. The van der Waals surface area contributed by atoms with Crippen LogP contribution in [0.3, 0.4) is 0 Å². The maximum atomic E-state index is 13.7. The van der Waals surface area contributed by atoms with Gasteiger partial charge in [-0.05, 0) is 52.2 Å². The molecule has 0 aliphatic carbocycles. The third kappa shape index (κ3) is 2.91. The molecule has 0 fully saturated rings. The molecule has 0 amide bonds. The molecule has 0 aliphatic heterocycles. The molecule has 1 atom stereocenters. The van der Waals surface area contributed by atoms with Crippen LogP contribution in [-0.4, -0.2) is 7.05 Å². The SMILES string of the molecule is CCc1ccc(C(NC)c2ccc(F)c(F)c2Br)cc1. The van der Waals surface area contributed by atoms with Crippen molar-refractivity contribution in [3.05, 3.63) is 69.2 Å². The topological polar surface area (TPSA) is 12.0 Å². The Morgan fingerprint density at radius 2 is 1.75 bits per heavy atom. The Hall–Kier alpha value is -1.26. The van der Waals surface area contributed by atoms with Gasteiger partial charge in [-0.3, -0.25) is 0 Å².